The lowest BCUT2D eigenvalue weighted by Gasteiger charge is -1.94. The number of hydrogen-bond donors (Lipinski definition) is 0. The van der Waals surface area contributed by atoms with Crippen molar-refractivity contribution in [2.45, 2.75) is 20.8 Å². The number of rotatable bonds is 1. The Balaban J connectivity index is 0. The van der Waals surface area contributed by atoms with Gasteiger partial charge in [-0.1, -0.05) is 26.5 Å². The van der Waals surface area contributed by atoms with Gasteiger partial charge in [0.1, 0.15) is 0 Å². The van der Waals surface area contributed by atoms with Crippen molar-refractivity contribution in [3.63, 3.8) is 0 Å². The molecule has 0 aliphatic rings. The van der Waals surface area contributed by atoms with Crippen LogP contribution in [0.15, 0.2) is 38.1 Å². The van der Waals surface area contributed by atoms with Gasteiger partial charge in [0.2, 0.25) is 0 Å². The number of aryl methyl sites for hydroxylation is 1. The van der Waals surface area contributed by atoms with Crippen LogP contribution in [0, 0.1) is 6.92 Å². The van der Waals surface area contributed by atoms with Crippen LogP contribution in [0.3, 0.4) is 0 Å². The molecule has 0 aliphatic heterocycles. The molecular weight excluding hydrogens is 158 g/mol. The fraction of sp³-hybridized carbons (Fsp3) is 0.250. The first-order valence-electron chi connectivity index (χ1n) is 4.38. The Morgan fingerprint density at radius 3 is 2.15 bits per heavy atom. The van der Waals surface area contributed by atoms with E-state index in [2.05, 4.69) is 24.7 Å². The molecule has 1 heterocycles. The molecule has 1 heteroatoms. The highest BCUT2D eigenvalue weighted by molar-refractivity contribution is 5.45. The summed E-state index contributed by atoms with van der Waals surface area (Å²) in [4.78, 5) is 4.08. The van der Waals surface area contributed by atoms with Gasteiger partial charge in [0.25, 0.3) is 0 Å². The van der Waals surface area contributed by atoms with Crippen molar-refractivity contribution in [2.75, 3.05) is 0 Å². The van der Waals surface area contributed by atoms with Gasteiger partial charge in [0, 0.05) is 6.20 Å². The molecule has 1 aromatic rings. The second-order valence-corrected chi connectivity index (χ2v) is 1.91. The molecule has 0 bridgehead atoms. The summed E-state index contributed by atoms with van der Waals surface area (Å²) in [5.41, 5.74) is 2.14. The molecule has 0 spiro atoms. The standard InChI is InChI=1S/C8H9N.C2H6.C2H4/c1-3-8-7(2)5-4-6-9-8;2*1-2/h3-6H,1H2,2H3;1-2H3;1-2H2. The second kappa shape index (κ2) is 10.6. The summed E-state index contributed by atoms with van der Waals surface area (Å²) in [7, 11) is 0. The van der Waals surface area contributed by atoms with Crippen molar-refractivity contribution in [1.82, 2.24) is 4.98 Å². The summed E-state index contributed by atoms with van der Waals surface area (Å²) < 4.78 is 0. The van der Waals surface area contributed by atoms with Crippen LogP contribution < -0.4 is 0 Å². The van der Waals surface area contributed by atoms with Gasteiger partial charge < -0.3 is 0 Å². The first kappa shape index (κ1) is 14.2. The van der Waals surface area contributed by atoms with Crippen LogP contribution in [0.5, 0.6) is 0 Å². The number of hydrogen-bond acceptors (Lipinski definition) is 1. The molecule has 0 atom stereocenters. The van der Waals surface area contributed by atoms with Gasteiger partial charge in [-0.3, -0.25) is 4.98 Å². The lowest BCUT2D eigenvalue weighted by Crippen LogP contribution is -1.82. The van der Waals surface area contributed by atoms with Gasteiger partial charge in [-0.05, 0) is 24.6 Å². The third-order valence-electron chi connectivity index (χ3n) is 1.24. The minimum Gasteiger partial charge on any atom is -0.257 e. The van der Waals surface area contributed by atoms with Crippen LogP contribution in [0.1, 0.15) is 25.1 Å². The van der Waals surface area contributed by atoms with E-state index in [4.69, 9.17) is 0 Å². The molecule has 72 valence electrons. The van der Waals surface area contributed by atoms with E-state index in [0.717, 1.165) is 5.69 Å². The van der Waals surface area contributed by atoms with Crippen molar-refractivity contribution in [3.8, 4) is 0 Å². The molecule has 13 heavy (non-hydrogen) atoms. The van der Waals surface area contributed by atoms with E-state index in [0.29, 0.717) is 0 Å². The van der Waals surface area contributed by atoms with Crippen molar-refractivity contribution in [2.24, 2.45) is 0 Å². The van der Waals surface area contributed by atoms with Crippen LogP contribution in [-0.4, -0.2) is 4.98 Å². The Hall–Kier alpha value is -1.37. The summed E-state index contributed by atoms with van der Waals surface area (Å²) in [6.45, 7) is 15.6. The zero-order chi connectivity index (χ0) is 10.7. The van der Waals surface area contributed by atoms with E-state index in [1.807, 2.05) is 32.9 Å². The zero-order valence-electron chi connectivity index (χ0n) is 8.88. The summed E-state index contributed by atoms with van der Waals surface area (Å²) in [6, 6.07) is 3.94. The average molecular weight is 177 g/mol. The molecule has 0 aromatic carbocycles. The monoisotopic (exact) mass is 177 g/mol. The molecule has 0 radical (unpaired) electrons. The molecule has 1 nitrogen and oxygen atoms in total. The number of nitrogens with zero attached hydrogens (tertiary/aromatic N) is 1. The number of pyridine rings is 1. The first-order valence-corrected chi connectivity index (χ1v) is 4.38. The Morgan fingerprint density at radius 1 is 1.31 bits per heavy atom. The predicted octanol–water partition coefficient (Wildman–Crippen LogP) is 3.86. The minimum absolute atomic E-state index is 0.970. The van der Waals surface area contributed by atoms with Crippen LogP contribution in [0.2, 0.25) is 0 Å². The first-order chi connectivity index (χ1) is 6.34. The topological polar surface area (TPSA) is 12.9 Å². The van der Waals surface area contributed by atoms with Crippen LogP contribution >= 0.6 is 0 Å². The van der Waals surface area contributed by atoms with Crippen LogP contribution in [0.4, 0.5) is 0 Å². The van der Waals surface area contributed by atoms with E-state index in [1.54, 1.807) is 12.3 Å². The normalized spacial score (nSPS) is 7.00. The van der Waals surface area contributed by atoms with Gasteiger partial charge in [-0.25, -0.2) is 0 Å². The predicted molar refractivity (Wildman–Crippen MR) is 61.7 cm³/mol. The van der Waals surface area contributed by atoms with Gasteiger partial charge in [0.15, 0.2) is 0 Å². The molecule has 0 aliphatic carbocycles. The highest BCUT2D eigenvalue weighted by Gasteiger charge is 1.88. The van der Waals surface area contributed by atoms with Crippen molar-refractivity contribution in [3.05, 3.63) is 49.3 Å². The molecule has 0 saturated heterocycles. The maximum Gasteiger partial charge on any atom is 0.0652 e. The molecule has 1 rings (SSSR count). The minimum atomic E-state index is 0.970. The van der Waals surface area contributed by atoms with Crippen molar-refractivity contribution < 1.29 is 0 Å². The number of aromatic nitrogens is 1. The third-order valence-corrected chi connectivity index (χ3v) is 1.24. The lowest BCUT2D eigenvalue weighted by atomic mass is 10.2. The van der Waals surface area contributed by atoms with Crippen molar-refractivity contribution in [1.29, 1.82) is 0 Å². The average Bonchev–Trinajstić information content (AvgIpc) is 2.24. The Morgan fingerprint density at radius 2 is 1.85 bits per heavy atom. The van der Waals surface area contributed by atoms with E-state index >= 15 is 0 Å². The Kier molecular flexibility index (Phi) is 11.6. The zero-order valence-corrected chi connectivity index (χ0v) is 8.88. The van der Waals surface area contributed by atoms with Gasteiger partial charge in [-0.15, -0.1) is 13.2 Å². The molecular formula is C12H19N. The Labute approximate surface area is 81.8 Å². The molecule has 0 saturated carbocycles. The van der Waals surface area contributed by atoms with Gasteiger partial charge in [0.05, 0.1) is 5.69 Å². The third kappa shape index (κ3) is 5.85. The SMILES string of the molecule is C=C.C=Cc1ncccc1C.CC. The highest BCUT2D eigenvalue weighted by atomic mass is 14.7. The maximum absolute atomic E-state index is 4.08. The smallest absolute Gasteiger partial charge is 0.0652 e. The lowest BCUT2D eigenvalue weighted by molar-refractivity contribution is 1.24. The van der Waals surface area contributed by atoms with Crippen LogP contribution in [-0.2, 0) is 0 Å². The summed E-state index contributed by atoms with van der Waals surface area (Å²) >= 11 is 0. The fourth-order valence-corrected chi connectivity index (χ4v) is 0.712. The molecule has 0 amide bonds. The Bertz CT molecular complexity index is 228. The van der Waals surface area contributed by atoms with E-state index < -0.39 is 0 Å². The van der Waals surface area contributed by atoms with Gasteiger partial charge >= 0.3 is 0 Å². The fourth-order valence-electron chi connectivity index (χ4n) is 0.712. The summed E-state index contributed by atoms with van der Waals surface area (Å²) in [5.74, 6) is 0. The second-order valence-electron chi connectivity index (χ2n) is 1.91. The molecule has 0 unspecified atom stereocenters. The van der Waals surface area contributed by atoms with E-state index in [1.165, 1.54) is 5.56 Å². The van der Waals surface area contributed by atoms with Gasteiger partial charge in [-0.2, -0.15) is 0 Å². The molecule has 1 aromatic heterocycles. The van der Waals surface area contributed by atoms with Crippen LogP contribution in [0.25, 0.3) is 6.08 Å². The summed E-state index contributed by atoms with van der Waals surface area (Å²) in [5, 5.41) is 0. The molecule has 0 N–H and O–H groups in total. The largest absolute Gasteiger partial charge is 0.257 e. The maximum atomic E-state index is 4.08. The highest BCUT2D eigenvalue weighted by Crippen LogP contribution is 2.02. The van der Waals surface area contributed by atoms with E-state index in [9.17, 15) is 0 Å². The van der Waals surface area contributed by atoms with Crippen molar-refractivity contribution >= 4 is 6.08 Å². The quantitative estimate of drug-likeness (QED) is 0.593. The molecule has 0 fully saturated rings. The van der Waals surface area contributed by atoms with E-state index in [-0.39, 0.29) is 0 Å². The summed E-state index contributed by atoms with van der Waals surface area (Å²) in [6.07, 6.45) is 3.53.